The summed E-state index contributed by atoms with van der Waals surface area (Å²) in [6.45, 7) is 0. The second-order valence-corrected chi connectivity index (χ2v) is 6.53. The molecule has 0 radical (unpaired) electrons. The molecule has 0 aliphatic heterocycles. The van der Waals surface area contributed by atoms with Crippen LogP contribution in [0.2, 0.25) is 0 Å². The van der Waals surface area contributed by atoms with Crippen LogP contribution in [0.1, 0.15) is 32.1 Å². The molecule has 2 N–H and O–H groups in total. The monoisotopic (exact) mass is 318 g/mol. The first kappa shape index (κ1) is 14.4. The smallest absolute Gasteiger partial charge is 0.229 e. The van der Waals surface area contributed by atoms with Crippen molar-refractivity contribution in [3.8, 4) is 10.6 Å². The molecule has 4 nitrogen and oxygen atoms in total. The highest BCUT2D eigenvalue weighted by Gasteiger charge is 2.14. The van der Waals surface area contributed by atoms with Gasteiger partial charge in [0.25, 0.3) is 0 Å². The Balaban J connectivity index is 1.62. The van der Waals surface area contributed by atoms with E-state index < -0.39 is 0 Å². The van der Waals surface area contributed by atoms with E-state index in [4.69, 9.17) is 12.2 Å². The fourth-order valence-corrected chi connectivity index (χ4v) is 3.50. The summed E-state index contributed by atoms with van der Waals surface area (Å²) in [5, 5.41) is 9.12. The Kier molecular flexibility index (Phi) is 4.77. The molecule has 0 amide bonds. The predicted octanol–water partition coefficient (Wildman–Crippen LogP) is 3.82. The highest BCUT2D eigenvalue weighted by molar-refractivity contribution is 7.80. The normalized spacial score (nSPS) is 15.6. The average Bonchev–Trinajstić information content (AvgIpc) is 3.02. The van der Waals surface area contributed by atoms with Crippen LogP contribution < -0.4 is 10.6 Å². The minimum atomic E-state index is 0.485. The van der Waals surface area contributed by atoms with Gasteiger partial charge in [-0.1, -0.05) is 25.3 Å². The molecule has 0 unspecified atom stereocenters. The average molecular weight is 318 g/mol. The van der Waals surface area contributed by atoms with E-state index in [1.165, 1.54) is 32.1 Å². The van der Waals surface area contributed by atoms with Gasteiger partial charge < -0.3 is 10.6 Å². The molecule has 0 aromatic carbocycles. The van der Waals surface area contributed by atoms with Crippen molar-refractivity contribution in [1.29, 1.82) is 0 Å². The van der Waals surface area contributed by atoms with Crippen LogP contribution in [0.15, 0.2) is 29.8 Å². The molecule has 3 rings (SSSR count). The van der Waals surface area contributed by atoms with Gasteiger partial charge in [0.15, 0.2) is 5.11 Å². The fraction of sp³-hybridized carbons (Fsp3) is 0.400. The summed E-state index contributed by atoms with van der Waals surface area (Å²) in [6.07, 6.45) is 8.04. The molecule has 21 heavy (non-hydrogen) atoms. The van der Waals surface area contributed by atoms with E-state index in [1.807, 2.05) is 17.5 Å². The van der Waals surface area contributed by atoms with Gasteiger partial charge in [-0.05, 0) is 42.6 Å². The molecular weight excluding hydrogens is 300 g/mol. The molecular formula is C15H18N4S2. The van der Waals surface area contributed by atoms with Crippen LogP contribution in [0.3, 0.4) is 0 Å². The van der Waals surface area contributed by atoms with Crippen LogP contribution in [-0.4, -0.2) is 21.1 Å². The molecule has 2 aromatic heterocycles. The highest BCUT2D eigenvalue weighted by atomic mass is 32.1. The van der Waals surface area contributed by atoms with Crippen molar-refractivity contribution >= 4 is 34.6 Å². The number of rotatable bonds is 3. The molecule has 0 saturated heterocycles. The number of hydrogen-bond acceptors (Lipinski definition) is 4. The minimum Gasteiger partial charge on any atom is -0.360 e. The maximum Gasteiger partial charge on any atom is 0.229 e. The number of thiocarbonyl (C=S) groups is 1. The predicted molar refractivity (Wildman–Crippen MR) is 91.6 cm³/mol. The molecule has 0 atom stereocenters. The number of nitrogens with one attached hydrogen (secondary N) is 2. The summed E-state index contributed by atoms with van der Waals surface area (Å²) in [5.41, 5.74) is 0.919. The van der Waals surface area contributed by atoms with Crippen molar-refractivity contribution in [2.75, 3.05) is 5.32 Å². The first-order chi connectivity index (χ1) is 10.3. The van der Waals surface area contributed by atoms with E-state index in [2.05, 4.69) is 26.7 Å². The SMILES string of the molecule is S=C(Nc1nccc(-c2cccs2)n1)NC1CCCCC1. The van der Waals surface area contributed by atoms with E-state index >= 15 is 0 Å². The van der Waals surface area contributed by atoms with Gasteiger partial charge in [0.1, 0.15) is 0 Å². The summed E-state index contributed by atoms with van der Waals surface area (Å²) in [4.78, 5) is 9.88. The van der Waals surface area contributed by atoms with Crippen LogP contribution in [0.5, 0.6) is 0 Å². The molecule has 1 fully saturated rings. The van der Waals surface area contributed by atoms with Gasteiger partial charge >= 0.3 is 0 Å². The summed E-state index contributed by atoms with van der Waals surface area (Å²) in [7, 11) is 0. The zero-order valence-corrected chi connectivity index (χ0v) is 13.3. The number of aromatic nitrogens is 2. The third kappa shape index (κ3) is 3.98. The van der Waals surface area contributed by atoms with Gasteiger partial charge in [0.05, 0.1) is 10.6 Å². The van der Waals surface area contributed by atoms with Crippen LogP contribution in [0, 0.1) is 0 Å². The van der Waals surface area contributed by atoms with Crippen molar-refractivity contribution in [2.24, 2.45) is 0 Å². The van der Waals surface area contributed by atoms with Crippen LogP contribution in [-0.2, 0) is 0 Å². The number of anilines is 1. The number of thiophene rings is 1. The first-order valence-electron chi connectivity index (χ1n) is 7.26. The Morgan fingerprint density at radius 3 is 2.86 bits per heavy atom. The number of hydrogen-bond donors (Lipinski definition) is 2. The van der Waals surface area contributed by atoms with Gasteiger partial charge in [-0.2, -0.15) is 0 Å². The number of nitrogens with zero attached hydrogens (tertiary/aromatic N) is 2. The molecule has 2 aromatic rings. The lowest BCUT2D eigenvalue weighted by Crippen LogP contribution is -2.39. The molecule has 1 aliphatic carbocycles. The summed E-state index contributed by atoms with van der Waals surface area (Å²) in [6, 6.07) is 6.47. The second kappa shape index (κ2) is 6.95. The van der Waals surface area contributed by atoms with E-state index in [-0.39, 0.29) is 0 Å². The third-order valence-corrected chi connectivity index (χ3v) is 4.71. The Labute approximate surface area is 134 Å². The molecule has 0 spiro atoms. The van der Waals surface area contributed by atoms with Crippen molar-refractivity contribution in [3.05, 3.63) is 29.8 Å². The molecule has 6 heteroatoms. The lowest BCUT2D eigenvalue weighted by Gasteiger charge is -2.24. The van der Waals surface area contributed by atoms with E-state index in [0.29, 0.717) is 17.1 Å². The van der Waals surface area contributed by atoms with Gasteiger partial charge in [0, 0.05) is 12.2 Å². The lowest BCUT2D eigenvalue weighted by atomic mass is 9.96. The van der Waals surface area contributed by atoms with E-state index in [0.717, 1.165) is 10.6 Å². The summed E-state index contributed by atoms with van der Waals surface area (Å²) < 4.78 is 0. The largest absolute Gasteiger partial charge is 0.360 e. The van der Waals surface area contributed by atoms with Crippen LogP contribution in [0.25, 0.3) is 10.6 Å². The Morgan fingerprint density at radius 1 is 1.24 bits per heavy atom. The first-order valence-corrected chi connectivity index (χ1v) is 8.54. The zero-order chi connectivity index (χ0) is 14.5. The Bertz CT molecular complexity index is 591. The van der Waals surface area contributed by atoms with Crippen molar-refractivity contribution < 1.29 is 0 Å². The Hall–Kier alpha value is -1.53. The maximum absolute atomic E-state index is 5.36. The molecule has 1 saturated carbocycles. The maximum atomic E-state index is 5.36. The van der Waals surface area contributed by atoms with Crippen molar-refractivity contribution in [1.82, 2.24) is 15.3 Å². The third-order valence-electron chi connectivity index (χ3n) is 3.59. The van der Waals surface area contributed by atoms with Crippen LogP contribution in [0.4, 0.5) is 5.95 Å². The van der Waals surface area contributed by atoms with Crippen LogP contribution >= 0.6 is 23.6 Å². The van der Waals surface area contributed by atoms with E-state index in [9.17, 15) is 0 Å². The molecule has 110 valence electrons. The lowest BCUT2D eigenvalue weighted by molar-refractivity contribution is 0.414. The molecule has 2 heterocycles. The zero-order valence-electron chi connectivity index (χ0n) is 11.7. The van der Waals surface area contributed by atoms with Gasteiger partial charge in [0.2, 0.25) is 5.95 Å². The summed E-state index contributed by atoms with van der Waals surface area (Å²) in [5.74, 6) is 0.550. The summed E-state index contributed by atoms with van der Waals surface area (Å²) >= 11 is 7.03. The quantitative estimate of drug-likeness (QED) is 0.843. The van der Waals surface area contributed by atoms with Gasteiger partial charge in [-0.25, -0.2) is 9.97 Å². The van der Waals surface area contributed by atoms with Gasteiger partial charge in [-0.3, -0.25) is 0 Å². The molecule has 0 bridgehead atoms. The fourth-order valence-electron chi connectivity index (χ4n) is 2.55. The van der Waals surface area contributed by atoms with Gasteiger partial charge in [-0.15, -0.1) is 11.3 Å². The Morgan fingerprint density at radius 2 is 2.10 bits per heavy atom. The van der Waals surface area contributed by atoms with Crippen molar-refractivity contribution in [3.63, 3.8) is 0 Å². The topological polar surface area (TPSA) is 49.8 Å². The second-order valence-electron chi connectivity index (χ2n) is 5.18. The minimum absolute atomic E-state index is 0.485. The van der Waals surface area contributed by atoms with E-state index in [1.54, 1.807) is 17.5 Å². The highest BCUT2D eigenvalue weighted by Crippen LogP contribution is 2.23. The molecule has 1 aliphatic rings. The van der Waals surface area contributed by atoms with Crippen molar-refractivity contribution in [2.45, 2.75) is 38.1 Å². The standard InChI is InChI=1S/C15H18N4S2/c20-15(17-11-5-2-1-3-6-11)19-14-16-9-8-12(18-14)13-7-4-10-21-13/h4,7-11H,1-3,5-6H2,(H2,16,17,18,19,20).